The SMILES string of the molecule is CNCc1cccc2c1[C@H](O)c1ccccc1-2. The molecule has 0 heterocycles. The van der Waals surface area contributed by atoms with Gasteiger partial charge in [0.05, 0.1) is 0 Å². The topological polar surface area (TPSA) is 32.3 Å². The predicted molar refractivity (Wildman–Crippen MR) is 68.7 cm³/mol. The van der Waals surface area contributed by atoms with Gasteiger partial charge in [0.25, 0.3) is 0 Å². The van der Waals surface area contributed by atoms with Gasteiger partial charge in [0.1, 0.15) is 6.10 Å². The lowest BCUT2D eigenvalue weighted by molar-refractivity contribution is 0.224. The Morgan fingerprint density at radius 3 is 2.65 bits per heavy atom. The molecule has 1 aliphatic rings. The second kappa shape index (κ2) is 3.99. The molecule has 0 aliphatic heterocycles. The Balaban J connectivity index is 2.23. The molecule has 0 saturated heterocycles. The first kappa shape index (κ1) is 10.5. The van der Waals surface area contributed by atoms with E-state index in [0.717, 1.165) is 23.2 Å². The van der Waals surface area contributed by atoms with Crippen LogP contribution in [0, 0.1) is 0 Å². The number of hydrogen-bond acceptors (Lipinski definition) is 2. The van der Waals surface area contributed by atoms with Crippen LogP contribution in [0.3, 0.4) is 0 Å². The number of fused-ring (bicyclic) bond motifs is 3. The molecule has 0 spiro atoms. The van der Waals surface area contributed by atoms with Crippen LogP contribution in [0.4, 0.5) is 0 Å². The molecule has 2 nitrogen and oxygen atoms in total. The number of rotatable bonds is 2. The molecule has 0 radical (unpaired) electrons. The van der Waals surface area contributed by atoms with Crippen molar-refractivity contribution in [3.63, 3.8) is 0 Å². The van der Waals surface area contributed by atoms with Crippen molar-refractivity contribution in [1.29, 1.82) is 0 Å². The summed E-state index contributed by atoms with van der Waals surface area (Å²) in [4.78, 5) is 0. The minimum Gasteiger partial charge on any atom is -0.384 e. The molecular formula is C15H15NO. The maximum absolute atomic E-state index is 10.4. The Labute approximate surface area is 101 Å². The van der Waals surface area contributed by atoms with Crippen LogP contribution >= 0.6 is 0 Å². The van der Waals surface area contributed by atoms with Crippen molar-refractivity contribution in [2.75, 3.05) is 7.05 Å². The van der Waals surface area contributed by atoms with Gasteiger partial charge < -0.3 is 10.4 Å². The van der Waals surface area contributed by atoms with E-state index < -0.39 is 6.10 Å². The van der Waals surface area contributed by atoms with Crippen LogP contribution in [-0.2, 0) is 6.54 Å². The molecule has 0 unspecified atom stereocenters. The third-order valence-corrected chi connectivity index (χ3v) is 3.38. The van der Waals surface area contributed by atoms with E-state index in [4.69, 9.17) is 0 Å². The van der Waals surface area contributed by atoms with E-state index in [1.54, 1.807) is 0 Å². The number of hydrogen-bond donors (Lipinski definition) is 2. The normalized spacial score (nSPS) is 16.7. The summed E-state index contributed by atoms with van der Waals surface area (Å²) >= 11 is 0. The second-order valence-corrected chi connectivity index (χ2v) is 4.40. The number of aliphatic hydroxyl groups is 1. The van der Waals surface area contributed by atoms with Gasteiger partial charge in [-0.1, -0.05) is 42.5 Å². The van der Waals surface area contributed by atoms with Crippen LogP contribution in [-0.4, -0.2) is 12.2 Å². The molecule has 0 bridgehead atoms. The number of benzene rings is 2. The molecule has 2 aromatic carbocycles. The fourth-order valence-corrected chi connectivity index (χ4v) is 2.65. The first-order valence-corrected chi connectivity index (χ1v) is 5.86. The Kier molecular flexibility index (Phi) is 2.46. The van der Waals surface area contributed by atoms with Crippen molar-refractivity contribution in [3.8, 4) is 11.1 Å². The molecule has 86 valence electrons. The lowest BCUT2D eigenvalue weighted by Gasteiger charge is -2.11. The lowest BCUT2D eigenvalue weighted by atomic mass is 10.0. The summed E-state index contributed by atoms with van der Waals surface area (Å²) in [6.45, 7) is 0.786. The van der Waals surface area contributed by atoms with E-state index in [9.17, 15) is 5.11 Å². The van der Waals surface area contributed by atoms with Crippen LogP contribution in [0.2, 0.25) is 0 Å². The Bertz CT molecular complexity index is 563. The summed E-state index contributed by atoms with van der Waals surface area (Å²) in [5.74, 6) is 0. The molecule has 2 aromatic rings. The van der Waals surface area contributed by atoms with Gasteiger partial charge in [-0.25, -0.2) is 0 Å². The largest absolute Gasteiger partial charge is 0.384 e. The molecule has 17 heavy (non-hydrogen) atoms. The van der Waals surface area contributed by atoms with Crippen LogP contribution in [0.15, 0.2) is 42.5 Å². The zero-order chi connectivity index (χ0) is 11.8. The molecule has 1 atom stereocenters. The molecule has 1 aliphatic carbocycles. The number of nitrogens with one attached hydrogen (secondary N) is 1. The standard InChI is InChI=1S/C15H15NO/c1-16-9-10-5-4-8-12-11-6-2-3-7-13(11)15(17)14(10)12/h2-8,15-17H,9H2,1H3/t15-/m1/s1. The highest BCUT2D eigenvalue weighted by Crippen LogP contribution is 2.44. The van der Waals surface area contributed by atoms with Crippen LogP contribution in [0.5, 0.6) is 0 Å². The Hall–Kier alpha value is -1.64. The third-order valence-electron chi connectivity index (χ3n) is 3.38. The molecule has 0 fully saturated rings. The highest BCUT2D eigenvalue weighted by atomic mass is 16.3. The molecule has 0 saturated carbocycles. The summed E-state index contributed by atoms with van der Waals surface area (Å²) in [5.41, 5.74) is 5.58. The van der Waals surface area contributed by atoms with Gasteiger partial charge in [-0.2, -0.15) is 0 Å². The summed E-state index contributed by atoms with van der Waals surface area (Å²) in [7, 11) is 1.92. The Morgan fingerprint density at radius 1 is 1.06 bits per heavy atom. The maximum Gasteiger partial charge on any atom is 0.106 e. The van der Waals surface area contributed by atoms with Gasteiger partial charge in [-0.05, 0) is 34.9 Å². The fourth-order valence-electron chi connectivity index (χ4n) is 2.65. The number of aliphatic hydroxyl groups excluding tert-OH is 1. The molecule has 3 rings (SSSR count). The molecule has 0 aromatic heterocycles. The van der Waals surface area contributed by atoms with Crippen molar-refractivity contribution >= 4 is 0 Å². The zero-order valence-electron chi connectivity index (χ0n) is 9.77. The highest BCUT2D eigenvalue weighted by molar-refractivity contribution is 5.79. The van der Waals surface area contributed by atoms with Crippen molar-refractivity contribution in [3.05, 3.63) is 59.2 Å². The van der Waals surface area contributed by atoms with E-state index in [1.807, 2.05) is 25.2 Å². The summed E-state index contributed by atoms with van der Waals surface area (Å²) in [6.07, 6.45) is -0.481. The van der Waals surface area contributed by atoms with E-state index >= 15 is 0 Å². The lowest BCUT2D eigenvalue weighted by Crippen LogP contribution is -2.09. The monoisotopic (exact) mass is 225 g/mol. The van der Waals surface area contributed by atoms with Crippen molar-refractivity contribution in [2.45, 2.75) is 12.6 Å². The van der Waals surface area contributed by atoms with Gasteiger partial charge in [-0.15, -0.1) is 0 Å². The minimum atomic E-state index is -0.481. The fraction of sp³-hybridized carbons (Fsp3) is 0.200. The molecule has 2 heteroatoms. The summed E-state index contributed by atoms with van der Waals surface area (Å²) in [6, 6.07) is 14.3. The van der Waals surface area contributed by atoms with Gasteiger partial charge >= 0.3 is 0 Å². The van der Waals surface area contributed by atoms with Gasteiger partial charge in [0.2, 0.25) is 0 Å². The zero-order valence-corrected chi connectivity index (χ0v) is 9.77. The third kappa shape index (κ3) is 1.49. The maximum atomic E-state index is 10.4. The quantitative estimate of drug-likeness (QED) is 0.823. The average molecular weight is 225 g/mol. The van der Waals surface area contributed by atoms with E-state index in [2.05, 4.69) is 29.6 Å². The van der Waals surface area contributed by atoms with Crippen LogP contribution in [0.25, 0.3) is 11.1 Å². The molecule has 0 amide bonds. The average Bonchev–Trinajstić information content (AvgIpc) is 2.66. The highest BCUT2D eigenvalue weighted by Gasteiger charge is 2.28. The van der Waals surface area contributed by atoms with E-state index in [1.165, 1.54) is 11.1 Å². The summed E-state index contributed by atoms with van der Waals surface area (Å²) < 4.78 is 0. The van der Waals surface area contributed by atoms with Crippen molar-refractivity contribution in [2.24, 2.45) is 0 Å². The van der Waals surface area contributed by atoms with Gasteiger partial charge in [0, 0.05) is 6.54 Å². The molecule has 2 N–H and O–H groups in total. The van der Waals surface area contributed by atoms with Gasteiger partial charge in [0.15, 0.2) is 0 Å². The predicted octanol–water partition coefficient (Wildman–Crippen LogP) is 2.47. The van der Waals surface area contributed by atoms with Crippen LogP contribution in [0.1, 0.15) is 22.8 Å². The van der Waals surface area contributed by atoms with Gasteiger partial charge in [-0.3, -0.25) is 0 Å². The van der Waals surface area contributed by atoms with Crippen LogP contribution < -0.4 is 5.32 Å². The van der Waals surface area contributed by atoms with Crippen molar-refractivity contribution < 1.29 is 5.11 Å². The molecular weight excluding hydrogens is 210 g/mol. The van der Waals surface area contributed by atoms with Crippen molar-refractivity contribution in [1.82, 2.24) is 5.32 Å². The summed E-state index contributed by atoms with van der Waals surface area (Å²) in [5, 5.41) is 13.6. The smallest absolute Gasteiger partial charge is 0.106 e. The first-order valence-electron chi connectivity index (χ1n) is 5.86. The minimum absolute atomic E-state index is 0.481. The Morgan fingerprint density at radius 2 is 1.82 bits per heavy atom. The van der Waals surface area contributed by atoms with E-state index in [0.29, 0.717) is 0 Å². The first-order chi connectivity index (χ1) is 8.33. The second-order valence-electron chi connectivity index (χ2n) is 4.40. The van der Waals surface area contributed by atoms with E-state index in [-0.39, 0.29) is 0 Å².